The van der Waals surface area contributed by atoms with Gasteiger partial charge in [0, 0.05) is 45.6 Å². The lowest BCUT2D eigenvalue weighted by Crippen LogP contribution is -2.46. The Bertz CT molecular complexity index is 1110. The van der Waals surface area contributed by atoms with Crippen molar-refractivity contribution in [2.45, 2.75) is 22.3 Å². The van der Waals surface area contributed by atoms with Crippen molar-refractivity contribution in [2.75, 3.05) is 45.7 Å². The molecule has 13 heteroatoms. The molecule has 2 aromatic rings. The highest BCUT2D eigenvalue weighted by molar-refractivity contribution is 14.1. The van der Waals surface area contributed by atoms with E-state index >= 15 is 0 Å². The second kappa shape index (κ2) is 13.5. The number of hydrogen-bond acceptors (Lipinski definition) is 7. The lowest BCUT2D eigenvalue weighted by molar-refractivity contribution is 0.110. The van der Waals surface area contributed by atoms with Gasteiger partial charge in [0.2, 0.25) is 0 Å². The highest BCUT2D eigenvalue weighted by Gasteiger charge is 2.29. The first-order valence-corrected chi connectivity index (χ1v) is 15.6. The molecule has 0 saturated carbocycles. The summed E-state index contributed by atoms with van der Waals surface area (Å²) in [5.41, 5.74) is 3.01. The van der Waals surface area contributed by atoms with E-state index in [9.17, 15) is 16.8 Å². The minimum atomic E-state index is -3.67. The van der Waals surface area contributed by atoms with Crippen molar-refractivity contribution in [3.8, 4) is 0 Å². The number of hydrogen-bond donors (Lipinski definition) is 2. The zero-order valence-corrected chi connectivity index (χ0v) is 23.8. The molecular weight excluding hydrogens is 615 g/mol. The van der Waals surface area contributed by atoms with E-state index in [0.29, 0.717) is 18.6 Å². The van der Waals surface area contributed by atoms with Gasteiger partial charge < -0.3 is 10.4 Å². The fourth-order valence-electron chi connectivity index (χ4n) is 3.54. The topological polar surface area (TPSA) is 147 Å². The Hall–Kier alpha value is -0.780. The maximum Gasteiger partial charge on any atom is 0.261 e. The van der Waals surface area contributed by atoms with Gasteiger partial charge >= 0.3 is 0 Å². The molecule has 0 bridgehead atoms. The average molecular weight is 647 g/mol. The number of nitrogens with zero attached hydrogens (tertiary/aromatic N) is 2. The Balaban J connectivity index is 0.000000449. The quantitative estimate of drug-likeness (QED) is 0.353. The molecule has 192 valence electrons. The van der Waals surface area contributed by atoms with Crippen LogP contribution in [0.5, 0.6) is 0 Å². The van der Waals surface area contributed by atoms with Crippen molar-refractivity contribution < 1.29 is 31.4 Å². The normalized spacial score (nSPS) is 18.5. The van der Waals surface area contributed by atoms with Gasteiger partial charge in [-0.15, -0.1) is 0 Å². The molecule has 2 aliphatic heterocycles. The van der Waals surface area contributed by atoms with Crippen LogP contribution in [0.25, 0.3) is 0 Å². The van der Waals surface area contributed by atoms with E-state index in [1.807, 2.05) is 11.8 Å². The van der Waals surface area contributed by atoms with Crippen LogP contribution in [0.4, 0.5) is 0 Å². The first-order chi connectivity index (χ1) is 15.2. The van der Waals surface area contributed by atoms with Crippen LogP contribution in [0, 0.1) is 3.57 Å². The number of halogens is 1. The Labute approximate surface area is 219 Å². The molecule has 2 aromatic carbocycles. The maximum atomic E-state index is 9.19. The minimum Gasteiger partial charge on any atom is -0.412 e. The van der Waals surface area contributed by atoms with Crippen LogP contribution in [0.3, 0.4) is 0 Å². The Morgan fingerprint density at radius 3 is 2.00 bits per heavy atom. The van der Waals surface area contributed by atoms with Crippen LogP contribution in [-0.2, 0) is 26.7 Å². The zero-order chi connectivity index (χ0) is 24.8. The van der Waals surface area contributed by atoms with Crippen molar-refractivity contribution >= 4 is 54.6 Å². The molecule has 0 aliphatic carbocycles. The van der Waals surface area contributed by atoms with Crippen LogP contribution in [0.15, 0.2) is 52.3 Å². The molecule has 1 fully saturated rings. The number of piperazine rings is 1. The molecule has 0 radical (unpaired) electrons. The van der Waals surface area contributed by atoms with Gasteiger partial charge in [0.15, 0.2) is 0 Å². The van der Waals surface area contributed by atoms with Crippen LogP contribution < -0.4 is 0 Å². The van der Waals surface area contributed by atoms with Gasteiger partial charge in [-0.25, -0.2) is 0 Å². The van der Waals surface area contributed by atoms with Crippen LogP contribution in [0.1, 0.15) is 17.2 Å². The molecule has 0 spiro atoms. The van der Waals surface area contributed by atoms with Crippen molar-refractivity contribution in [3.63, 3.8) is 0 Å². The van der Waals surface area contributed by atoms with Crippen LogP contribution in [-0.4, -0.2) is 87.0 Å². The fraction of sp³-hybridized carbons (Fsp3) is 0.429. The van der Waals surface area contributed by atoms with E-state index < -0.39 is 20.2 Å². The molecule has 2 aliphatic rings. The summed E-state index contributed by atoms with van der Waals surface area (Å²) >= 11 is 4.39. The smallest absolute Gasteiger partial charge is 0.261 e. The summed E-state index contributed by atoms with van der Waals surface area (Å²) in [5, 5.41) is 0. The summed E-state index contributed by atoms with van der Waals surface area (Å²) in [6.07, 6.45) is 2.56. The van der Waals surface area contributed by atoms with Gasteiger partial charge in [-0.3, -0.25) is 14.0 Å². The summed E-state index contributed by atoms with van der Waals surface area (Å²) < 4.78 is 53.1. The summed E-state index contributed by atoms with van der Waals surface area (Å²) in [7, 11) is -5.10. The van der Waals surface area contributed by atoms with Crippen LogP contribution in [0.2, 0.25) is 0 Å². The Morgan fingerprint density at radius 1 is 0.912 bits per heavy atom. The fourth-order valence-corrected chi connectivity index (χ4v) is 5.17. The van der Waals surface area contributed by atoms with E-state index in [1.54, 1.807) is 0 Å². The third kappa shape index (κ3) is 11.8. The van der Waals surface area contributed by atoms with E-state index in [-0.39, 0.29) is 5.48 Å². The lowest BCUT2D eigenvalue weighted by atomic mass is 9.97. The second-order valence-electron chi connectivity index (χ2n) is 7.92. The Morgan fingerprint density at radius 2 is 1.44 bits per heavy atom. The molecule has 1 atom stereocenters. The molecule has 0 amide bonds. The van der Waals surface area contributed by atoms with E-state index in [1.165, 1.54) is 50.7 Å². The molecule has 1 unspecified atom stereocenters. The lowest BCUT2D eigenvalue weighted by Gasteiger charge is -2.38. The van der Waals surface area contributed by atoms with Crippen molar-refractivity contribution in [2.24, 2.45) is 0 Å². The predicted molar refractivity (Wildman–Crippen MR) is 144 cm³/mol. The average Bonchev–Trinajstić information content (AvgIpc) is 2.83. The monoisotopic (exact) mass is 646 g/mol. The highest BCUT2D eigenvalue weighted by atomic mass is 127. The van der Waals surface area contributed by atoms with Gasteiger partial charge in [0.05, 0.1) is 12.5 Å². The summed E-state index contributed by atoms with van der Waals surface area (Å²) in [4.78, 5) is 7.98. The molecule has 4 rings (SSSR count). The van der Waals surface area contributed by atoms with Gasteiger partial charge in [0.1, 0.15) is 0 Å². The first kappa shape index (κ1) is 31.3. The van der Waals surface area contributed by atoms with Gasteiger partial charge in [-0.1, -0.05) is 30.0 Å². The molecule has 34 heavy (non-hydrogen) atoms. The third-order valence-electron chi connectivity index (χ3n) is 4.92. The molecule has 2 heterocycles. The third-order valence-corrected chi connectivity index (χ3v) is 6.80. The highest BCUT2D eigenvalue weighted by Crippen LogP contribution is 2.43. The second-order valence-corrected chi connectivity index (χ2v) is 13.2. The summed E-state index contributed by atoms with van der Waals surface area (Å²) in [6.45, 7) is 4.67. The SMILES string of the molecule is CN1CCN(C2Cc3ccccc3Sc3ccc(I)cc32)CC1.CS(=O)(=O)O.CS(=O)(=O)O.O. The molecule has 0 aromatic heterocycles. The molecule has 1 saturated heterocycles. The van der Waals surface area contributed by atoms with Crippen LogP contribution >= 0.6 is 34.4 Å². The number of benzene rings is 2. The molecular formula is C21H31IN2O7S3. The number of rotatable bonds is 1. The molecule has 9 nitrogen and oxygen atoms in total. The molecule has 4 N–H and O–H groups in total. The maximum absolute atomic E-state index is 9.19. The number of fused-ring (bicyclic) bond motifs is 2. The zero-order valence-electron chi connectivity index (χ0n) is 19.2. The largest absolute Gasteiger partial charge is 0.412 e. The van der Waals surface area contributed by atoms with Gasteiger partial charge in [-0.2, -0.15) is 16.8 Å². The number of likely N-dealkylation sites (N-methyl/N-ethyl adjacent to an activating group) is 1. The van der Waals surface area contributed by atoms with E-state index in [4.69, 9.17) is 9.11 Å². The minimum absolute atomic E-state index is 0. The summed E-state index contributed by atoms with van der Waals surface area (Å²) in [6, 6.07) is 16.4. The standard InChI is InChI=1S/C19H21IN2S.2CH4O3S.H2O/c1-21-8-10-22(11-9-21)17-12-14-4-2-3-5-18(14)23-19-7-6-15(20)13-16(17)19;2*1-5(2,3)4;/h2-7,13,17H,8-12H2,1H3;2*1H3,(H,2,3,4);1H2. The predicted octanol–water partition coefficient (Wildman–Crippen LogP) is 2.47. The van der Waals surface area contributed by atoms with Crippen molar-refractivity contribution in [1.82, 2.24) is 9.80 Å². The van der Waals surface area contributed by atoms with E-state index in [0.717, 1.165) is 6.42 Å². The van der Waals surface area contributed by atoms with Crippen molar-refractivity contribution in [1.29, 1.82) is 0 Å². The van der Waals surface area contributed by atoms with Crippen molar-refractivity contribution in [3.05, 3.63) is 57.2 Å². The van der Waals surface area contributed by atoms with E-state index in [2.05, 4.69) is 81.9 Å². The van der Waals surface area contributed by atoms with Gasteiger partial charge in [-0.05, 0) is 71.5 Å². The first-order valence-electron chi connectivity index (χ1n) is 10.0. The summed E-state index contributed by atoms with van der Waals surface area (Å²) in [5.74, 6) is 0. The van der Waals surface area contributed by atoms with Gasteiger partial charge in [0.25, 0.3) is 20.2 Å². The Kier molecular flexibility index (Phi) is 12.4.